The van der Waals surface area contributed by atoms with Crippen LogP contribution in [0.25, 0.3) is 11.3 Å². The Morgan fingerprint density at radius 3 is 2.58 bits per heavy atom. The van der Waals surface area contributed by atoms with Crippen molar-refractivity contribution in [3.8, 4) is 11.3 Å². The molecule has 1 aliphatic heterocycles. The maximum absolute atomic E-state index is 12.6. The van der Waals surface area contributed by atoms with E-state index in [1.165, 1.54) is 5.01 Å². The molecule has 1 fully saturated rings. The Labute approximate surface area is 146 Å². The van der Waals surface area contributed by atoms with Crippen LogP contribution in [0.4, 0.5) is 0 Å². The van der Waals surface area contributed by atoms with Gasteiger partial charge in [-0.3, -0.25) is 15.0 Å². The van der Waals surface area contributed by atoms with E-state index in [4.69, 9.17) is 28.6 Å². The zero-order valence-electron chi connectivity index (χ0n) is 12.5. The van der Waals surface area contributed by atoms with Crippen LogP contribution in [-0.2, 0) is 4.74 Å². The largest absolute Gasteiger partial charge is 0.692 e. The van der Waals surface area contributed by atoms with Crippen molar-refractivity contribution in [2.75, 3.05) is 26.3 Å². The van der Waals surface area contributed by atoms with Gasteiger partial charge in [0.25, 0.3) is 0 Å². The molecule has 0 aliphatic carbocycles. The summed E-state index contributed by atoms with van der Waals surface area (Å²) in [4.78, 5) is 17.0. The number of hydrogen-bond donors (Lipinski definition) is 2. The van der Waals surface area contributed by atoms with E-state index >= 15 is 0 Å². The molecule has 1 saturated heterocycles. The summed E-state index contributed by atoms with van der Waals surface area (Å²) in [7, 11) is 0. The van der Waals surface area contributed by atoms with Crippen LogP contribution < -0.4 is 15.9 Å². The molecule has 0 amide bonds. The van der Waals surface area contributed by atoms with E-state index in [0.29, 0.717) is 41.7 Å². The van der Waals surface area contributed by atoms with E-state index < -0.39 is 5.56 Å². The predicted octanol–water partition coefficient (Wildman–Crippen LogP) is 0.665. The van der Waals surface area contributed by atoms with Crippen molar-refractivity contribution in [3.63, 3.8) is 0 Å². The van der Waals surface area contributed by atoms with E-state index in [2.05, 4.69) is 15.2 Å². The van der Waals surface area contributed by atoms with Crippen molar-refractivity contribution in [1.29, 1.82) is 0 Å². The van der Waals surface area contributed by atoms with Crippen molar-refractivity contribution in [3.05, 3.63) is 55.0 Å². The van der Waals surface area contributed by atoms with E-state index in [9.17, 15) is 10.0 Å². The SMILES string of the molecule is O=c1[nH][nH]c(=S)/c(=[N+](\[O-])N2CCOCC2)nc1-c1ccc(Cl)cc1. The summed E-state index contributed by atoms with van der Waals surface area (Å²) in [5.41, 5.74) is 0.0413. The van der Waals surface area contributed by atoms with Gasteiger partial charge in [0.05, 0.1) is 26.3 Å². The van der Waals surface area contributed by atoms with Crippen molar-refractivity contribution in [2.45, 2.75) is 0 Å². The molecule has 0 atom stereocenters. The van der Waals surface area contributed by atoms with E-state index in [1.807, 2.05) is 0 Å². The van der Waals surface area contributed by atoms with Crippen LogP contribution in [0.5, 0.6) is 0 Å². The molecule has 0 bridgehead atoms. The third-order valence-electron chi connectivity index (χ3n) is 3.47. The van der Waals surface area contributed by atoms with Gasteiger partial charge < -0.3 is 9.94 Å². The molecule has 2 N–H and O–H groups in total. The molecule has 24 heavy (non-hydrogen) atoms. The molecule has 8 nitrogen and oxygen atoms in total. The number of halogens is 1. The minimum absolute atomic E-state index is 0.0359. The zero-order chi connectivity index (χ0) is 17.1. The molecule has 10 heteroatoms. The van der Waals surface area contributed by atoms with E-state index in [0.717, 1.165) is 0 Å². The number of benzene rings is 1. The molecule has 126 valence electrons. The normalized spacial score (nSPS) is 16.0. The number of aromatic amines is 2. The third-order valence-corrected chi connectivity index (χ3v) is 4.01. The molecular formula is C14H14ClN5O3S. The molecule has 0 spiro atoms. The fraction of sp³-hybridized carbons (Fsp3) is 0.286. The molecule has 3 rings (SSSR count). The summed E-state index contributed by atoms with van der Waals surface area (Å²) < 4.78 is 5.26. The lowest BCUT2D eigenvalue weighted by Crippen LogP contribution is -2.48. The van der Waals surface area contributed by atoms with Crippen LogP contribution in [0.1, 0.15) is 0 Å². The van der Waals surface area contributed by atoms with Gasteiger partial charge in [0.2, 0.25) is 10.3 Å². The number of hydrazine groups is 1. The van der Waals surface area contributed by atoms with E-state index in [1.54, 1.807) is 24.3 Å². The van der Waals surface area contributed by atoms with Gasteiger partial charge >= 0.3 is 11.0 Å². The third kappa shape index (κ3) is 3.48. The molecule has 0 saturated carbocycles. The lowest BCUT2D eigenvalue weighted by Gasteiger charge is -2.29. The van der Waals surface area contributed by atoms with Crippen molar-refractivity contribution in [1.82, 2.24) is 25.0 Å². The molecule has 2 aromatic rings. The lowest BCUT2D eigenvalue weighted by molar-refractivity contribution is 0.00548. The minimum atomic E-state index is -0.495. The fourth-order valence-electron chi connectivity index (χ4n) is 2.24. The van der Waals surface area contributed by atoms with Gasteiger partial charge in [-0.25, -0.2) is 5.01 Å². The van der Waals surface area contributed by atoms with Gasteiger partial charge in [0.1, 0.15) is 0 Å². The summed E-state index contributed by atoms with van der Waals surface area (Å²) in [6, 6.07) is 6.58. The maximum Gasteiger partial charge on any atom is 0.382 e. The standard InChI is InChI=1S/C14H14ClN5O3S/c15-10-3-1-9(2-4-10)11-13(21)17-18-14(24)12(16-11)20(22)19-5-7-23-8-6-19/h1-4H,5-8H2,(H,17,21)(H,18,24)/b20-12+. The highest BCUT2D eigenvalue weighted by Gasteiger charge is 2.17. The summed E-state index contributed by atoms with van der Waals surface area (Å²) in [6.07, 6.45) is 0. The Kier molecular flexibility index (Phi) is 4.93. The Hall–Kier alpha value is -2.23. The van der Waals surface area contributed by atoms with Gasteiger partial charge in [-0.05, 0) is 41.5 Å². The first-order valence-electron chi connectivity index (χ1n) is 7.18. The van der Waals surface area contributed by atoms with Crippen LogP contribution >= 0.6 is 23.8 Å². The molecule has 1 aromatic heterocycles. The molecule has 0 radical (unpaired) electrons. The van der Waals surface area contributed by atoms with Crippen LogP contribution in [0, 0.1) is 9.85 Å². The summed E-state index contributed by atoms with van der Waals surface area (Å²) in [6.45, 7) is 1.72. The quantitative estimate of drug-likeness (QED) is 0.459. The van der Waals surface area contributed by atoms with Crippen LogP contribution in [-0.4, -0.2) is 46.5 Å². The van der Waals surface area contributed by atoms with E-state index in [-0.39, 0.29) is 15.8 Å². The summed E-state index contributed by atoms with van der Waals surface area (Å²) in [5, 5.41) is 19.6. The van der Waals surface area contributed by atoms with Gasteiger partial charge in [-0.15, -0.1) is 0 Å². The molecular weight excluding hydrogens is 354 g/mol. The fourth-order valence-corrected chi connectivity index (χ4v) is 2.54. The lowest BCUT2D eigenvalue weighted by atomic mass is 10.2. The number of H-pyrrole nitrogens is 2. The first-order valence-corrected chi connectivity index (χ1v) is 7.97. The summed E-state index contributed by atoms with van der Waals surface area (Å²) in [5.74, 6) is 0. The maximum atomic E-state index is 12.6. The molecule has 0 unspecified atom stereocenters. The number of aromatic nitrogens is 3. The molecule has 1 aromatic carbocycles. The molecule has 2 heterocycles. The Morgan fingerprint density at radius 2 is 1.92 bits per heavy atom. The Balaban J connectivity index is 2.22. The Morgan fingerprint density at radius 1 is 1.25 bits per heavy atom. The highest BCUT2D eigenvalue weighted by Crippen LogP contribution is 2.15. The van der Waals surface area contributed by atoms with Crippen molar-refractivity contribution < 1.29 is 4.74 Å². The average molecular weight is 368 g/mol. The number of morpholine rings is 1. The average Bonchev–Trinajstić information content (AvgIpc) is 2.75. The van der Waals surface area contributed by atoms with Crippen LogP contribution in [0.3, 0.4) is 0 Å². The first-order chi connectivity index (χ1) is 11.6. The van der Waals surface area contributed by atoms with Gasteiger partial charge in [-0.1, -0.05) is 11.6 Å². The van der Waals surface area contributed by atoms with Crippen molar-refractivity contribution in [2.24, 2.45) is 0 Å². The number of nitrogens with one attached hydrogen (secondary N) is 2. The predicted molar refractivity (Wildman–Crippen MR) is 91.5 cm³/mol. The number of ether oxygens (including phenoxy) is 1. The number of nitrogens with zero attached hydrogens (tertiary/aromatic N) is 3. The van der Waals surface area contributed by atoms with Gasteiger partial charge in [0.15, 0.2) is 0 Å². The smallest absolute Gasteiger partial charge is 0.382 e. The minimum Gasteiger partial charge on any atom is -0.692 e. The topological polar surface area (TPSA) is 100 Å². The van der Waals surface area contributed by atoms with Crippen LogP contribution in [0.15, 0.2) is 29.1 Å². The second kappa shape index (κ2) is 7.12. The van der Waals surface area contributed by atoms with Gasteiger partial charge in [0, 0.05) is 10.6 Å². The highest BCUT2D eigenvalue weighted by molar-refractivity contribution is 7.71. The number of hydrogen-bond acceptors (Lipinski definition) is 6. The second-order valence-corrected chi connectivity index (χ2v) is 5.88. The molecule has 1 aliphatic rings. The monoisotopic (exact) mass is 367 g/mol. The highest BCUT2D eigenvalue weighted by atomic mass is 35.5. The second-order valence-electron chi connectivity index (χ2n) is 5.04. The zero-order valence-corrected chi connectivity index (χ0v) is 14.1. The number of rotatable bonds is 2. The first kappa shape index (κ1) is 16.6. The van der Waals surface area contributed by atoms with Gasteiger partial charge in [-0.2, -0.15) is 4.85 Å². The van der Waals surface area contributed by atoms with Crippen LogP contribution in [0.2, 0.25) is 5.02 Å². The summed E-state index contributed by atoms with van der Waals surface area (Å²) >= 11 is 11.0. The Bertz CT molecular complexity index is 919. The van der Waals surface area contributed by atoms with Crippen molar-refractivity contribution >= 4 is 23.8 Å².